The molecule has 192 valence electrons. The van der Waals surface area contributed by atoms with E-state index in [-0.39, 0.29) is 0 Å². The van der Waals surface area contributed by atoms with Crippen LogP contribution in [0.4, 0.5) is 5.69 Å². The van der Waals surface area contributed by atoms with Gasteiger partial charge in [-0.2, -0.15) is 0 Å². The van der Waals surface area contributed by atoms with Gasteiger partial charge >= 0.3 is 0 Å². The number of aliphatic hydroxyl groups is 1. The predicted molar refractivity (Wildman–Crippen MR) is 142 cm³/mol. The molecule has 2 aromatic rings. The molecule has 7 heteroatoms. The van der Waals surface area contributed by atoms with Gasteiger partial charge in [-0.25, -0.2) is 0 Å². The van der Waals surface area contributed by atoms with E-state index in [0.29, 0.717) is 13.2 Å². The van der Waals surface area contributed by atoms with Crippen LogP contribution in [0.2, 0.25) is 0 Å². The molecule has 0 spiro atoms. The molecule has 1 N–H and O–H groups in total. The summed E-state index contributed by atoms with van der Waals surface area (Å²) >= 11 is 0. The lowest BCUT2D eigenvalue weighted by Gasteiger charge is -2.39. The van der Waals surface area contributed by atoms with Crippen molar-refractivity contribution in [2.75, 3.05) is 85.1 Å². The van der Waals surface area contributed by atoms with Gasteiger partial charge in [-0.05, 0) is 56.8 Å². The minimum Gasteiger partial charge on any atom is -0.493 e. The van der Waals surface area contributed by atoms with Crippen LogP contribution in [-0.2, 0) is 6.54 Å². The maximum absolute atomic E-state index is 11.3. The van der Waals surface area contributed by atoms with Crippen LogP contribution in [0.25, 0.3) is 0 Å². The summed E-state index contributed by atoms with van der Waals surface area (Å²) in [6.45, 7) is 8.84. The fourth-order valence-corrected chi connectivity index (χ4v) is 5.17. The Bertz CT molecular complexity index is 918. The van der Waals surface area contributed by atoms with Crippen LogP contribution in [0.3, 0.4) is 0 Å². The van der Waals surface area contributed by atoms with Crippen LogP contribution >= 0.6 is 0 Å². The Morgan fingerprint density at radius 2 is 1.71 bits per heavy atom. The van der Waals surface area contributed by atoms with E-state index >= 15 is 0 Å². The lowest BCUT2D eigenvalue weighted by molar-refractivity contribution is 0.00978. The molecule has 4 rings (SSSR count). The lowest BCUT2D eigenvalue weighted by Crippen LogP contribution is -2.52. The number of hydrogen-bond acceptors (Lipinski definition) is 7. The first-order chi connectivity index (χ1) is 16.9. The van der Waals surface area contributed by atoms with Gasteiger partial charge in [-0.1, -0.05) is 24.3 Å². The molecule has 2 aliphatic heterocycles. The van der Waals surface area contributed by atoms with Crippen molar-refractivity contribution in [3.8, 4) is 11.5 Å². The summed E-state index contributed by atoms with van der Waals surface area (Å²) in [5.74, 6) is 1.57. The van der Waals surface area contributed by atoms with Gasteiger partial charge in [0.25, 0.3) is 0 Å². The Kier molecular flexibility index (Phi) is 8.89. The molecule has 2 aliphatic rings. The zero-order chi connectivity index (χ0) is 24.7. The molecule has 2 aromatic carbocycles. The first-order valence-electron chi connectivity index (χ1n) is 12.9. The number of benzene rings is 2. The van der Waals surface area contributed by atoms with Crippen LogP contribution in [-0.4, -0.2) is 106 Å². The largest absolute Gasteiger partial charge is 0.493 e. The van der Waals surface area contributed by atoms with E-state index in [1.807, 2.05) is 6.07 Å². The molecule has 0 saturated carbocycles. The molecular formula is C28H42N4O3. The fourth-order valence-electron chi connectivity index (χ4n) is 5.17. The summed E-state index contributed by atoms with van der Waals surface area (Å²) in [4.78, 5) is 9.37. The second kappa shape index (κ2) is 12.1. The van der Waals surface area contributed by atoms with Crippen molar-refractivity contribution >= 4 is 5.69 Å². The zero-order valence-corrected chi connectivity index (χ0v) is 21.7. The molecule has 0 aromatic heterocycles. The molecule has 2 heterocycles. The Morgan fingerprint density at radius 1 is 0.943 bits per heavy atom. The SMILES string of the molecule is COc1cc(CN2CC[C@](O)(CN3CCN(c4ccccc4)CC3)C2)ccc1OCCCN(C)C. The van der Waals surface area contributed by atoms with Crippen molar-refractivity contribution in [3.05, 3.63) is 54.1 Å². The lowest BCUT2D eigenvalue weighted by atomic mass is 10.0. The summed E-state index contributed by atoms with van der Waals surface area (Å²) in [6, 6.07) is 16.8. The van der Waals surface area contributed by atoms with Gasteiger partial charge in [0.05, 0.1) is 19.3 Å². The molecule has 1 atom stereocenters. The Morgan fingerprint density at radius 3 is 2.43 bits per heavy atom. The van der Waals surface area contributed by atoms with Crippen molar-refractivity contribution in [1.82, 2.24) is 14.7 Å². The van der Waals surface area contributed by atoms with Crippen molar-refractivity contribution in [1.29, 1.82) is 0 Å². The van der Waals surface area contributed by atoms with Gasteiger partial charge in [-0.3, -0.25) is 9.80 Å². The van der Waals surface area contributed by atoms with Crippen molar-refractivity contribution in [3.63, 3.8) is 0 Å². The van der Waals surface area contributed by atoms with Crippen molar-refractivity contribution < 1.29 is 14.6 Å². The summed E-state index contributed by atoms with van der Waals surface area (Å²) in [7, 11) is 5.83. The number of rotatable bonds is 11. The molecule has 2 fully saturated rings. The van der Waals surface area contributed by atoms with Crippen molar-refractivity contribution in [2.45, 2.75) is 25.0 Å². The van der Waals surface area contributed by atoms with E-state index in [0.717, 1.165) is 76.7 Å². The van der Waals surface area contributed by atoms with Crippen molar-refractivity contribution in [2.24, 2.45) is 0 Å². The average Bonchev–Trinajstić information content (AvgIpc) is 3.23. The number of methoxy groups -OCH3 is 1. The molecule has 0 radical (unpaired) electrons. The number of hydrogen-bond donors (Lipinski definition) is 1. The second-order valence-electron chi connectivity index (χ2n) is 10.3. The molecule has 0 unspecified atom stereocenters. The highest BCUT2D eigenvalue weighted by Crippen LogP contribution is 2.30. The Labute approximate surface area is 210 Å². The normalized spacial score (nSPS) is 21.6. The third kappa shape index (κ3) is 7.34. The van der Waals surface area contributed by atoms with Gasteiger partial charge in [0.2, 0.25) is 0 Å². The highest BCUT2D eigenvalue weighted by Gasteiger charge is 2.38. The van der Waals surface area contributed by atoms with Gasteiger partial charge in [0, 0.05) is 64.6 Å². The number of β-amino-alcohol motifs (C(OH)–C–C–N with tert-alkyl or cyclic N) is 1. The first-order valence-corrected chi connectivity index (χ1v) is 12.9. The number of piperazine rings is 1. The summed E-state index contributed by atoms with van der Waals surface area (Å²) in [5.41, 5.74) is 1.83. The second-order valence-corrected chi connectivity index (χ2v) is 10.3. The maximum atomic E-state index is 11.3. The topological polar surface area (TPSA) is 51.7 Å². The van der Waals surface area contributed by atoms with Crippen LogP contribution < -0.4 is 14.4 Å². The van der Waals surface area contributed by atoms with E-state index < -0.39 is 5.60 Å². The molecule has 7 nitrogen and oxygen atoms in total. The Hall–Kier alpha value is -2.32. The number of para-hydroxylation sites is 1. The van der Waals surface area contributed by atoms with E-state index in [1.165, 1.54) is 11.3 Å². The molecule has 0 aliphatic carbocycles. The van der Waals surface area contributed by atoms with Crippen LogP contribution in [0.5, 0.6) is 11.5 Å². The number of nitrogens with zero attached hydrogens (tertiary/aromatic N) is 4. The van der Waals surface area contributed by atoms with Gasteiger partial charge in [0.1, 0.15) is 0 Å². The average molecular weight is 483 g/mol. The molecular weight excluding hydrogens is 440 g/mol. The standard InChI is InChI=1S/C28H42N4O3/c1-29(2)13-7-19-35-26-11-10-24(20-27(26)34-3)21-31-14-12-28(33,23-31)22-30-15-17-32(18-16-30)25-8-5-4-6-9-25/h4-6,8-11,20,33H,7,12-19,21-23H2,1-3H3/t28-/m0/s1. The number of anilines is 1. The molecule has 35 heavy (non-hydrogen) atoms. The molecule has 2 saturated heterocycles. The third-order valence-corrected chi connectivity index (χ3v) is 7.06. The predicted octanol–water partition coefficient (Wildman–Crippen LogP) is 2.78. The van der Waals surface area contributed by atoms with Gasteiger partial charge < -0.3 is 24.4 Å². The first kappa shape index (κ1) is 25.8. The van der Waals surface area contributed by atoms with E-state index in [1.54, 1.807) is 7.11 Å². The minimum atomic E-state index is -0.644. The van der Waals surface area contributed by atoms with Crippen LogP contribution in [0.15, 0.2) is 48.5 Å². The van der Waals surface area contributed by atoms with Gasteiger partial charge in [0.15, 0.2) is 11.5 Å². The van der Waals surface area contributed by atoms with E-state index in [4.69, 9.17) is 9.47 Å². The number of likely N-dealkylation sites (tertiary alicyclic amines) is 1. The monoisotopic (exact) mass is 482 g/mol. The van der Waals surface area contributed by atoms with E-state index in [2.05, 4.69) is 76.2 Å². The highest BCUT2D eigenvalue weighted by atomic mass is 16.5. The molecule has 0 bridgehead atoms. The zero-order valence-electron chi connectivity index (χ0n) is 21.7. The summed E-state index contributed by atoms with van der Waals surface area (Å²) < 4.78 is 11.5. The Balaban J connectivity index is 1.24. The van der Waals surface area contributed by atoms with Crippen LogP contribution in [0.1, 0.15) is 18.4 Å². The van der Waals surface area contributed by atoms with Gasteiger partial charge in [-0.15, -0.1) is 0 Å². The minimum absolute atomic E-state index is 0.644. The van der Waals surface area contributed by atoms with Crippen LogP contribution in [0, 0.1) is 0 Å². The summed E-state index contributed by atoms with van der Waals surface area (Å²) in [5, 5.41) is 11.3. The number of ether oxygens (including phenoxy) is 2. The molecule has 0 amide bonds. The summed E-state index contributed by atoms with van der Waals surface area (Å²) in [6.07, 6.45) is 1.79. The highest BCUT2D eigenvalue weighted by molar-refractivity contribution is 5.46. The quantitative estimate of drug-likeness (QED) is 0.494. The van der Waals surface area contributed by atoms with E-state index in [9.17, 15) is 5.11 Å². The third-order valence-electron chi connectivity index (χ3n) is 7.06. The smallest absolute Gasteiger partial charge is 0.161 e. The fraction of sp³-hybridized carbons (Fsp3) is 0.571. The maximum Gasteiger partial charge on any atom is 0.161 e.